The van der Waals surface area contributed by atoms with E-state index in [4.69, 9.17) is 9.47 Å². The highest BCUT2D eigenvalue weighted by atomic mass is 16.7. The fourth-order valence-electron chi connectivity index (χ4n) is 3.77. The lowest BCUT2D eigenvalue weighted by Gasteiger charge is -2.34. The average Bonchev–Trinajstić information content (AvgIpc) is 2.98. The van der Waals surface area contributed by atoms with E-state index in [0.29, 0.717) is 0 Å². The van der Waals surface area contributed by atoms with Crippen molar-refractivity contribution in [3.05, 3.63) is 0 Å². The minimum Gasteiger partial charge on any atom is -0.350 e. The van der Waals surface area contributed by atoms with Gasteiger partial charge >= 0.3 is 0 Å². The first-order valence-corrected chi connectivity index (χ1v) is 9.04. The van der Waals surface area contributed by atoms with E-state index in [0.717, 1.165) is 13.2 Å². The van der Waals surface area contributed by atoms with Crippen LogP contribution >= 0.6 is 0 Å². The topological polar surface area (TPSA) is 18.5 Å². The fourth-order valence-corrected chi connectivity index (χ4v) is 3.77. The standard InChI is InChI=1S/C18H34O2/c1-18(17-19-15-16-20-17)13-11-9-7-5-3-2-4-6-8-10-12-14-18/h17H,2-16H2,1H3. The molecule has 0 bridgehead atoms. The molecule has 1 aliphatic heterocycles. The van der Waals surface area contributed by atoms with E-state index in [2.05, 4.69) is 6.92 Å². The van der Waals surface area contributed by atoms with Crippen molar-refractivity contribution in [3.63, 3.8) is 0 Å². The van der Waals surface area contributed by atoms with Crippen molar-refractivity contribution in [2.45, 2.75) is 96.7 Å². The second kappa shape index (κ2) is 9.04. The zero-order chi connectivity index (χ0) is 14.1. The molecule has 0 N–H and O–H groups in total. The molecule has 0 spiro atoms. The van der Waals surface area contributed by atoms with Crippen molar-refractivity contribution >= 4 is 0 Å². The highest BCUT2D eigenvalue weighted by Crippen LogP contribution is 2.38. The zero-order valence-corrected chi connectivity index (χ0v) is 13.5. The highest BCUT2D eigenvalue weighted by Gasteiger charge is 2.37. The summed E-state index contributed by atoms with van der Waals surface area (Å²) in [5, 5.41) is 0. The van der Waals surface area contributed by atoms with Gasteiger partial charge in [0.2, 0.25) is 0 Å². The van der Waals surface area contributed by atoms with Gasteiger partial charge in [-0.25, -0.2) is 0 Å². The van der Waals surface area contributed by atoms with Crippen molar-refractivity contribution in [1.29, 1.82) is 0 Å². The van der Waals surface area contributed by atoms with E-state index in [1.54, 1.807) is 0 Å². The first-order chi connectivity index (χ1) is 9.81. The van der Waals surface area contributed by atoms with Crippen LogP contribution in [0, 0.1) is 5.41 Å². The van der Waals surface area contributed by atoms with Crippen molar-refractivity contribution < 1.29 is 9.47 Å². The van der Waals surface area contributed by atoms with Crippen LogP contribution in [0.15, 0.2) is 0 Å². The minimum absolute atomic E-state index is 0.0652. The van der Waals surface area contributed by atoms with E-state index >= 15 is 0 Å². The Bertz CT molecular complexity index is 232. The normalized spacial score (nSPS) is 28.1. The summed E-state index contributed by atoms with van der Waals surface area (Å²) in [7, 11) is 0. The summed E-state index contributed by atoms with van der Waals surface area (Å²) in [4.78, 5) is 0. The summed E-state index contributed by atoms with van der Waals surface area (Å²) in [6.45, 7) is 3.98. The van der Waals surface area contributed by atoms with Gasteiger partial charge in [0.15, 0.2) is 6.29 Å². The van der Waals surface area contributed by atoms with Crippen LogP contribution in [0.25, 0.3) is 0 Å². The van der Waals surface area contributed by atoms with Gasteiger partial charge < -0.3 is 9.47 Å². The molecule has 0 aromatic rings. The smallest absolute Gasteiger partial charge is 0.163 e. The molecule has 1 aliphatic carbocycles. The van der Waals surface area contributed by atoms with E-state index in [-0.39, 0.29) is 11.7 Å². The van der Waals surface area contributed by atoms with E-state index in [1.807, 2.05) is 0 Å². The molecule has 1 saturated heterocycles. The molecule has 1 saturated carbocycles. The first kappa shape index (κ1) is 16.3. The third-order valence-electron chi connectivity index (χ3n) is 5.19. The number of hydrogen-bond donors (Lipinski definition) is 0. The van der Waals surface area contributed by atoms with Crippen molar-refractivity contribution in [2.24, 2.45) is 5.41 Å². The van der Waals surface area contributed by atoms with Gasteiger partial charge in [0.1, 0.15) is 0 Å². The summed E-state index contributed by atoms with van der Waals surface area (Å²) in [5.74, 6) is 0. The Morgan fingerprint density at radius 1 is 0.600 bits per heavy atom. The maximum atomic E-state index is 5.84. The maximum Gasteiger partial charge on any atom is 0.163 e. The predicted octanol–water partition coefficient (Wildman–Crippen LogP) is 5.45. The van der Waals surface area contributed by atoms with Gasteiger partial charge in [-0.05, 0) is 12.8 Å². The Kier molecular flexibility index (Phi) is 7.37. The number of rotatable bonds is 1. The molecule has 118 valence electrons. The van der Waals surface area contributed by atoms with Gasteiger partial charge in [0.05, 0.1) is 13.2 Å². The predicted molar refractivity (Wildman–Crippen MR) is 83.8 cm³/mol. The molecule has 0 radical (unpaired) electrons. The Hall–Kier alpha value is -0.0800. The molecule has 2 heteroatoms. The minimum atomic E-state index is 0.0652. The van der Waals surface area contributed by atoms with Crippen molar-refractivity contribution in [3.8, 4) is 0 Å². The van der Waals surface area contributed by atoms with E-state index in [1.165, 1.54) is 83.5 Å². The molecule has 2 fully saturated rings. The SMILES string of the molecule is CC1(C2OCCO2)CCCCCCCCCCCCC1. The molecule has 0 atom stereocenters. The summed E-state index contributed by atoms with van der Waals surface area (Å²) >= 11 is 0. The van der Waals surface area contributed by atoms with Crippen molar-refractivity contribution in [1.82, 2.24) is 0 Å². The third-order valence-corrected chi connectivity index (χ3v) is 5.19. The lowest BCUT2D eigenvalue weighted by atomic mass is 9.78. The molecule has 0 aromatic heterocycles. The lowest BCUT2D eigenvalue weighted by molar-refractivity contribution is -0.133. The van der Waals surface area contributed by atoms with Gasteiger partial charge in [-0.2, -0.15) is 0 Å². The van der Waals surface area contributed by atoms with Crippen LogP contribution in [0.5, 0.6) is 0 Å². The second-order valence-electron chi connectivity index (χ2n) is 7.12. The molecule has 2 aliphatic rings. The molecule has 0 amide bonds. The van der Waals surface area contributed by atoms with Gasteiger partial charge in [0.25, 0.3) is 0 Å². The first-order valence-electron chi connectivity index (χ1n) is 9.04. The van der Waals surface area contributed by atoms with Gasteiger partial charge in [-0.15, -0.1) is 0 Å². The molecule has 0 unspecified atom stereocenters. The van der Waals surface area contributed by atoms with Crippen LogP contribution in [0.1, 0.15) is 90.4 Å². The molecule has 2 rings (SSSR count). The zero-order valence-electron chi connectivity index (χ0n) is 13.5. The Labute approximate surface area is 125 Å². The summed E-state index contributed by atoms with van der Waals surface area (Å²) < 4.78 is 11.7. The molecule has 1 heterocycles. The molecular formula is C18H34O2. The van der Waals surface area contributed by atoms with Gasteiger partial charge in [0, 0.05) is 5.41 Å². The number of hydrogen-bond acceptors (Lipinski definition) is 2. The Morgan fingerprint density at radius 2 is 0.950 bits per heavy atom. The Balaban J connectivity index is 1.83. The average molecular weight is 282 g/mol. The molecule has 20 heavy (non-hydrogen) atoms. The Morgan fingerprint density at radius 3 is 1.35 bits per heavy atom. The summed E-state index contributed by atoms with van der Waals surface area (Å²) in [6, 6.07) is 0. The van der Waals surface area contributed by atoms with Gasteiger partial charge in [-0.1, -0.05) is 77.6 Å². The summed E-state index contributed by atoms with van der Waals surface area (Å²) in [6.07, 6.45) is 18.2. The molecule has 2 nitrogen and oxygen atoms in total. The highest BCUT2D eigenvalue weighted by molar-refractivity contribution is 4.80. The van der Waals surface area contributed by atoms with Crippen LogP contribution < -0.4 is 0 Å². The van der Waals surface area contributed by atoms with E-state index < -0.39 is 0 Å². The van der Waals surface area contributed by atoms with Crippen LogP contribution in [-0.4, -0.2) is 19.5 Å². The summed E-state index contributed by atoms with van der Waals surface area (Å²) in [5.41, 5.74) is 0.251. The monoisotopic (exact) mass is 282 g/mol. The van der Waals surface area contributed by atoms with Crippen LogP contribution in [0.3, 0.4) is 0 Å². The van der Waals surface area contributed by atoms with Crippen LogP contribution in [0.2, 0.25) is 0 Å². The third kappa shape index (κ3) is 5.37. The van der Waals surface area contributed by atoms with Crippen LogP contribution in [-0.2, 0) is 9.47 Å². The maximum absolute atomic E-state index is 5.84. The largest absolute Gasteiger partial charge is 0.350 e. The van der Waals surface area contributed by atoms with Crippen molar-refractivity contribution in [2.75, 3.05) is 13.2 Å². The van der Waals surface area contributed by atoms with Gasteiger partial charge in [-0.3, -0.25) is 0 Å². The quantitative estimate of drug-likeness (QED) is 0.636. The molecular weight excluding hydrogens is 248 g/mol. The molecule has 0 aromatic carbocycles. The van der Waals surface area contributed by atoms with E-state index in [9.17, 15) is 0 Å². The lowest BCUT2D eigenvalue weighted by Crippen LogP contribution is -2.33. The fraction of sp³-hybridized carbons (Fsp3) is 1.00. The number of ether oxygens (including phenoxy) is 2. The second-order valence-corrected chi connectivity index (χ2v) is 7.12. The van der Waals surface area contributed by atoms with Crippen LogP contribution in [0.4, 0.5) is 0 Å².